The van der Waals surface area contributed by atoms with Gasteiger partial charge in [0.25, 0.3) is 0 Å². The van der Waals surface area contributed by atoms with Gasteiger partial charge in [-0.2, -0.15) is 0 Å². The van der Waals surface area contributed by atoms with Gasteiger partial charge in [-0.05, 0) is 79.3 Å². The Morgan fingerprint density at radius 3 is 2.69 bits per heavy atom. The summed E-state index contributed by atoms with van der Waals surface area (Å²) in [6, 6.07) is 9.93. The first-order valence-corrected chi connectivity index (χ1v) is 12.2. The molecule has 1 heterocycles. The Morgan fingerprint density at radius 1 is 1.17 bits per heavy atom. The van der Waals surface area contributed by atoms with E-state index in [-0.39, 0.29) is 17.4 Å². The lowest BCUT2D eigenvalue weighted by atomic mass is 9.74. The maximum atomic E-state index is 12.2. The minimum absolute atomic E-state index is 0.116. The lowest BCUT2D eigenvalue weighted by molar-refractivity contribution is 0.214. The van der Waals surface area contributed by atoms with Gasteiger partial charge >= 0.3 is 0 Å². The van der Waals surface area contributed by atoms with Crippen LogP contribution >= 0.6 is 11.6 Å². The third kappa shape index (κ3) is 3.98. The third-order valence-corrected chi connectivity index (χ3v) is 7.96. The molecular weight excluding hydrogens is 408 g/mol. The number of phenols is 1. The molecule has 0 aromatic heterocycles. The lowest BCUT2D eigenvalue weighted by Crippen LogP contribution is -2.39. The van der Waals surface area contributed by atoms with E-state index in [2.05, 4.69) is 16.7 Å². The maximum Gasteiger partial charge on any atom is 0.232 e. The van der Waals surface area contributed by atoms with E-state index in [1.54, 1.807) is 0 Å². The van der Waals surface area contributed by atoms with Crippen molar-refractivity contribution in [2.75, 3.05) is 24.1 Å². The van der Waals surface area contributed by atoms with Gasteiger partial charge in [0.2, 0.25) is 10.0 Å². The molecule has 0 bridgehead atoms. The number of halogens is 1. The van der Waals surface area contributed by atoms with Crippen LogP contribution in [-0.2, 0) is 22.9 Å². The number of nitrogens with zero attached hydrogens (tertiary/aromatic N) is 1. The topological polar surface area (TPSA) is 69.6 Å². The Balaban J connectivity index is 1.77. The average molecular weight is 435 g/mol. The third-order valence-electron chi connectivity index (χ3n) is 6.16. The molecule has 1 aliphatic heterocycles. The average Bonchev–Trinajstić information content (AvgIpc) is 2.79. The van der Waals surface area contributed by atoms with Crippen LogP contribution in [0.4, 0.5) is 5.69 Å². The smallest absolute Gasteiger partial charge is 0.232 e. The minimum atomic E-state index is -3.31. The second-order valence-corrected chi connectivity index (χ2v) is 10.4. The van der Waals surface area contributed by atoms with E-state index in [1.165, 1.54) is 16.7 Å². The fourth-order valence-electron chi connectivity index (χ4n) is 4.80. The molecule has 4 rings (SSSR count). The van der Waals surface area contributed by atoms with Crippen molar-refractivity contribution in [3.63, 3.8) is 0 Å². The first-order chi connectivity index (χ1) is 13.8. The summed E-state index contributed by atoms with van der Waals surface area (Å²) in [7, 11) is -1.16. The largest absolute Gasteiger partial charge is 0.506 e. The lowest BCUT2D eigenvalue weighted by Gasteiger charge is -2.38. The molecule has 0 amide bonds. The van der Waals surface area contributed by atoms with Crippen LogP contribution in [-0.4, -0.2) is 43.8 Å². The summed E-state index contributed by atoms with van der Waals surface area (Å²) >= 11 is 6.19. The van der Waals surface area contributed by atoms with Gasteiger partial charge in [-0.25, -0.2) is 8.42 Å². The Bertz CT molecular complexity index is 1040. The van der Waals surface area contributed by atoms with E-state index in [4.69, 9.17) is 11.6 Å². The second-order valence-electron chi connectivity index (χ2n) is 8.15. The van der Waals surface area contributed by atoms with E-state index >= 15 is 0 Å². The van der Waals surface area contributed by atoms with Crippen molar-refractivity contribution in [3.8, 4) is 5.75 Å². The highest BCUT2D eigenvalue weighted by Crippen LogP contribution is 2.45. The number of hydrogen-bond donors (Lipinski definition) is 2. The normalized spacial score (nSPS) is 21.6. The van der Waals surface area contributed by atoms with E-state index in [0.29, 0.717) is 23.2 Å². The van der Waals surface area contributed by atoms with Gasteiger partial charge in [0, 0.05) is 24.2 Å². The number of aromatic hydroxyl groups is 1. The summed E-state index contributed by atoms with van der Waals surface area (Å²) < 4.78 is 27.0. The molecule has 0 unspecified atom stereocenters. The van der Waals surface area contributed by atoms with Crippen LogP contribution in [0.1, 0.15) is 47.9 Å². The molecule has 5 nitrogen and oxygen atoms in total. The van der Waals surface area contributed by atoms with E-state index in [9.17, 15) is 13.5 Å². The van der Waals surface area contributed by atoms with Gasteiger partial charge in [-0.15, -0.1) is 0 Å². The van der Waals surface area contributed by atoms with E-state index in [1.807, 2.05) is 37.3 Å². The number of benzene rings is 2. The highest BCUT2D eigenvalue weighted by atomic mass is 35.5. The monoisotopic (exact) mass is 434 g/mol. The molecule has 7 heteroatoms. The molecule has 2 aromatic rings. The number of aryl methyl sites for hydroxylation is 1. The number of rotatable bonds is 4. The Labute approximate surface area is 177 Å². The molecule has 2 aliphatic rings. The van der Waals surface area contributed by atoms with Crippen LogP contribution in [0.5, 0.6) is 5.75 Å². The van der Waals surface area contributed by atoms with Crippen LogP contribution in [0.2, 0.25) is 5.02 Å². The van der Waals surface area contributed by atoms with Crippen molar-refractivity contribution < 1.29 is 13.5 Å². The highest BCUT2D eigenvalue weighted by Gasteiger charge is 2.37. The predicted molar refractivity (Wildman–Crippen MR) is 118 cm³/mol. The van der Waals surface area contributed by atoms with Gasteiger partial charge < -0.3 is 10.0 Å². The Kier molecular flexibility index (Phi) is 5.53. The molecule has 0 fully saturated rings. The first kappa shape index (κ1) is 20.5. The van der Waals surface area contributed by atoms with E-state index < -0.39 is 10.0 Å². The quantitative estimate of drug-likeness (QED) is 0.759. The molecule has 156 valence electrons. The van der Waals surface area contributed by atoms with Gasteiger partial charge in [-0.3, -0.25) is 4.72 Å². The van der Waals surface area contributed by atoms with Gasteiger partial charge in [0.05, 0.1) is 10.8 Å². The minimum Gasteiger partial charge on any atom is -0.506 e. The SMILES string of the molecule is CCCS(=O)(=O)Nc1ccc2c(c1)CC[C@H]1[C@H]2c2cc(O)c(Cl)cc2CCN1C. The summed E-state index contributed by atoms with van der Waals surface area (Å²) in [5.74, 6) is 0.364. The van der Waals surface area contributed by atoms with Crippen LogP contribution < -0.4 is 4.72 Å². The number of nitrogens with one attached hydrogen (secondary N) is 1. The van der Waals surface area contributed by atoms with E-state index in [0.717, 1.165) is 31.4 Å². The van der Waals surface area contributed by atoms with Crippen LogP contribution in [0.3, 0.4) is 0 Å². The highest BCUT2D eigenvalue weighted by molar-refractivity contribution is 7.92. The standard InChI is InChI=1S/C22H27ClN2O3S/c1-3-10-29(27,28)24-16-5-6-17-14(11-16)4-7-20-22(17)18-13-21(26)19(23)12-15(18)8-9-25(20)2/h5-6,11-13,20,22,24,26H,3-4,7-10H2,1-2H3/t20-,22+/m0/s1. The Hall–Kier alpha value is -1.76. The maximum absolute atomic E-state index is 12.2. The summed E-state index contributed by atoms with van der Waals surface area (Å²) in [4.78, 5) is 2.40. The predicted octanol–water partition coefficient (Wildman–Crippen LogP) is 4.13. The molecule has 2 N–H and O–H groups in total. The summed E-state index contributed by atoms with van der Waals surface area (Å²) in [5, 5.41) is 10.7. The molecule has 0 saturated heterocycles. The van der Waals surface area contributed by atoms with Crippen molar-refractivity contribution in [1.29, 1.82) is 0 Å². The van der Waals surface area contributed by atoms with Crippen molar-refractivity contribution >= 4 is 27.3 Å². The summed E-state index contributed by atoms with van der Waals surface area (Å²) in [6.45, 7) is 2.80. The molecule has 0 spiro atoms. The van der Waals surface area contributed by atoms with Crippen LogP contribution in [0, 0.1) is 0 Å². The van der Waals surface area contributed by atoms with Gasteiger partial charge in [0.15, 0.2) is 0 Å². The van der Waals surface area contributed by atoms with Crippen molar-refractivity contribution in [2.45, 2.75) is 44.6 Å². The molecule has 2 atom stereocenters. The zero-order chi connectivity index (χ0) is 20.8. The summed E-state index contributed by atoms with van der Waals surface area (Å²) in [6.07, 6.45) is 3.36. The second kappa shape index (κ2) is 7.82. The fraction of sp³-hybridized carbons (Fsp3) is 0.455. The zero-order valence-electron chi connectivity index (χ0n) is 16.8. The molecular formula is C22H27ClN2O3S. The number of phenolic OH excluding ortho intramolecular Hbond substituents is 1. The zero-order valence-corrected chi connectivity index (χ0v) is 18.4. The molecule has 0 radical (unpaired) electrons. The van der Waals surface area contributed by atoms with Crippen LogP contribution in [0.25, 0.3) is 0 Å². The van der Waals surface area contributed by atoms with Gasteiger partial charge in [-0.1, -0.05) is 24.6 Å². The number of sulfonamides is 1. The van der Waals surface area contributed by atoms with Crippen molar-refractivity contribution in [2.24, 2.45) is 0 Å². The summed E-state index contributed by atoms with van der Waals surface area (Å²) in [5.41, 5.74) is 5.29. The van der Waals surface area contributed by atoms with Crippen molar-refractivity contribution in [1.82, 2.24) is 4.90 Å². The first-order valence-electron chi connectivity index (χ1n) is 10.1. The number of likely N-dealkylation sites (N-methyl/N-ethyl adjacent to an activating group) is 1. The number of fused-ring (bicyclic) bond motifs is 5. The molecule has 0 saturated carbocycles. The van der Waals surface area contributed by atoms with Crippen molar-refractivity contribution in [3.05, 3.63) is 57.6 Å². The number of hydrogen-bond acceptors (Lipinski definition) is 4. The molecule has 1 aliphatic carbocycles. The molecule has 29 heavy (non-hydrogen) atoms. The van der Waals surface area contributed by atoms with Crippen LogP contribution in [0.15, 0.2) is 30.3 Å². The van der Waals surface area contributed by atoms with Gasteiger partial charge in [0.1, 0.15) is 5.75 Å². The fourth-order valence-corrected chi connectivity index (χ4v) is 6.12. The Morgan fingerprint density at radius 2 is 1.93 bits per heavy atom. The number of anilines is 1. The molecule has 2 aromatic carbocycles.